The van der Waals surface area contributed by atoms with Crippen LogP contribution in [0, 0.1) is 0 Å². The van der Waals surface area contributed by atoms with Gasteiger partial charge in [-0.1, -0.05) is 23.4 Å². The van der Waals surface area contributed by atoms with E-state index in [2.05, 4.69) is 38.9 Å². The molecule has 6 nitrogen and oxygen atoms in total. The molecule has 4 heterocycles. The first-order chi connectivity index (χ1) is 12.8. The number of rotatable bonds is 5. The molecule has 26 heavy (non-hydrogen) atoms. The Bertz CT molecular complexity index is 888. The Morgan fingerprint density at radius 2 is 2.27 bits per heavy atom. The van der Waals surface area contributed by atoms with Crippen LogP contribution in [-0.4, -0.2) is 43.4 Å². The van der Waals surface area contributed by atoms with Crippen molar-refractivity contribution in [3.63, 3.8) is 0 Å². The van der Waals surface area contributed by atoms with Crippen molar-refractivity contribution in [1.29, 1.82) is 0 Å². The van der Waals surface area contributed by atoms with Crippen molar-refractivity contribution in [2.45, 2.75) is 25.4 Å². The molecule has 1 aliphatic rings. The van der Waals surface area contributed by atoms with E-state index in [-0.39, 0.29) is 11.9 Å². The van der Waals surface area contributed by atoms with Crippen LogP contribution in [0.5, 0.6) is 0 Å². The number of nitrogens with zero attached hydrogens (tertiary/aromatic N) is 5. The van der Waals surface area contributed by atoms with Gasteiger partial charge in [0.2, 0.25) is 0 Å². The summed E-state index contributed by atoms with van der Waals surface area (Å²) in [6.45, 7) is 1.26. The number of hydrogen-bond acceptors (Lipinski definition) is 5. The van der Waals surface area contributed by atoms with Gasteiger partial charge < -0.3 is 4.90 Å². The zero-order chi connectivity index (χ0) is 17.8. The van der Waals surface area contributed by atoms with E-state index in [0.29, 0.717) is 12.2 Å². The third-order valence-corrected chi connectivity index (χ3v) is 5.23. The SMILES string of the molecule is O=C(c1cn(Cc2ccccn2)nn1)N1CCCC1/C=C/c1cccs1. The van der Waals surface area contributed by atoms with Gasteiger partial charge in [0.1, 0.15) is 0 Å². The molecule has 1 atom stereocenters. The summed E-state index contributed by atoms with van der Waals surface area (Å²) < 4.78 is 1.65. The smallest absolute Gasteiger partial charge is 0.276 e. The number of thiophene rings is 1. The molecule has 3 aromatic rings. The van der Waals surface area contributed by atoms with Gasteiger partial charge in [0, 0.05) is 17.6 Å². The van der Waals surface area contributed by atoms with Crippen LogP contribution >= 0.6 is 11.3 Å². The first-order valence-electron chi connectivity index (χ1n) is 8.62. The van der Waals surface area contributed by atoms with Crippen molar-refractivity contribution < 1.29 is 4.79 Å². The first kappa shape index (κ1) is 16.7. The zero-order valence-electron chi connectivity index (χ0n) is 14.2. The van der Waals surface area contributed by atoms with E-state index in [1.807, 2.05) is 29.2 Å². The molecule has 1 aliphatic heterocycles. The highest BCUT2D eigenvalue weighted by atomic mass is 32.1. The second-order valence-electron chi connectivity index (χ2n) is 6.21. The third kappa shape index (κ3) is 3.72. The first-order valence-corrected chi connectivity index (χ1v) is 9.50. The molecule has 0 radical (unpaired) electrons. The number of carbonyl (C=O) groups is 1. The summed E-state index contributed by atoms with van der Waals surface area (Å²) in [5.74, 6) is -0.0596. The lowest BCUT2D eigenvalue weighted by atomic mass is 10.2. The lowest BCUT2D eigenvalue weighted by Crippen LogP contribution is -2.34. The Labute approximate surface area is 155 Å². The monoisotopic (exact) mass is 365 g/mol. The average molecular weight is 365 g/mol. The van der Waals surface area contributed by atoms with Crippen LogP contribution in [0.1, 0.15) is 33.9 Å². The van der Waals surface area contributed by atoms with Gasteiger partial charge in [-0.2, -0.15) is 0 Å². The highest BCUT2D eigenvalue weighted by molar-refractivity contribution is 7.10. The topological polar surface area (TPSA) is 63.9 Å². The van der Waals surface area contributed by atoms with Gasteiger partial charge in [0.05, 0.1) is 24.5 Å². The van der Waals surface area contributed by atoms with Gasteiger partial charge in [-0.3, -0.25) is 9.78 Å². The average Bonchev–Trinajstić information content (AvgIpc) is 3.42. The third-order valence-electron chi connectivity index (χ3n) is 4.39. The maximum Gasteiger partial charge on any atom is 0.276 e. The van der Waals surface area contributed by atoms with E-state index in [1.165, 1.54) is 4.88 Å². The van der Waals surface area contributed by atoms with Crippen molar-refractivity contribution in [3.05, 3.63) is 70.4 Å². The molecule has 1 saturated heterocycles. The molecule has 0 spiro atoms. The van der Waals surface area contributed by atoms with Gasteiger partial charge >= 0.3 is 0 Å². The van der Waals surface area contributed by atoms with Gasteiger partial charge in [0.25, 0.3) is 5.91 Å². The summed E-state index contributed by atoms with van der Waals surface area (Å²) >= 11 is 1.69. The molecule has 1 unspecified atom stereocenters. The summed E-state index contributed by atoms with van der Waals surface area (Å²) in [7, 11) is 0. The Morgan fingerprint density at radius 1 is 1.31 bits per heavy atom. The van der Waals surface area contributed by atoms with Crippen LogP contribution in [0.4, 0.5) is 0 Å². The summed E-state index contributed by atoms with van der Waals surface area (Å²) in [5, 5.41) is 10.2. The Morgan fingerprint density at radius 3 is 3.08 bits per heavy atom. The summed E-state index contributed by atoms with van der Waals surface area (Å²) in [6, 6.07) is 9.95. The van der Waals surface area contributed by atoms with Crippen molar-refractivity contribution in [2.75, 3.05) is 6.54 Å². The molecule has 7 heteroatoms. The quantitative estimate of drug-likeness (QED) is 0.697. The maximum absolute atomic E-state index is 12.8. The Hall–Kier alpha value is -2.80. The van der Waals surface area contributed by atoms with Crippen LogP contribution in [0.15, 0.2) is 54.2 Å². The molecule has 132 valence electrons. The molecule has 0 N–H and O–H groups in total. The minimum absolute atomic E-state index is 0.0596. The number of aromatic nitrogens is 4. The van der Waals surface area contributed by atoms with Crippen LogP contribution in [0.25, 0.3) is 6.08 Å². The second kappa shape index (κ2) is 7.61. The van der Waals surface area contributed by atoms with Gasteiger partial charge in [-0.15, -0.1) is 16.4 Å². The Balaban J connectivity index is 1.45. The number of amides is 1. The summed E-state index contributed by atoms with van der Waals surface area (Å²) in [4.78, 5) is 20.2. The minimum atomic E-state index is -0.0596. The van der Waals surface area contributed by atoms with E-state index in [1.54, 1.807) is 28.4 Å². The number of likely N-dealkylation sites (tertiary alicyclic amines) is 1. The number of hydrogen-bond donors (Lipinski definition) is 0. The molecule has 0 aliphatic carbocycles. The van der Waals surface area contributed by atoms with E-state index in [4.69, 9.17) is 0 Å². The summed E-state index contributed by atoms with van der Waals surface area (Å²) in [6.07, 6.45) is 9.65. The van der Waals surface area contributed by atoms with Crippen LogP contribution in [0.2, 0.25) is 0 Å². The number of pyridine rings is 1. The molecule has 3 aromatic heterocycles. The molecule has 0 bridgehead atoms. The molecule has 0 saturated carbocycles. The molecule has 4 rings (SSSR count). The van der Waals surface area contributed by atoms with Crippen LogP contribution in [-0.2, 0) is 6.54 Å². The van der Waals surface area contributed by atoms with E-state index in [0.717, 1.165) is 25.1 Å². The van der Waals surface area contributed by atoms with E-state index in [9.17, 15) is 4.79 Å². The maximum atomic E-state index is 12.8. The molecular formula is C19H19N5OS. The molecule has 1 amide bonds. The molecular weight excluding hydrogens is 346 g/mol. The van der Waals surface area contributed by atoms with Crippen molar-refractivity contribution in [3.8, 4) is 0 Å². The van der Waals surface area contributed by atoms with E-state index >= 15 is 0 Å². The normalized spacial score (nSPS) is 17.2. The predicted octanol–water partition coefficient (Wildman–Crippen LogP) is 3.10. The fourth-order valence-electron chi connectivity index (χ4n) is 3.12. The van der Waals surface area contributed by atoms with Crippen molar-refractivity contribution in [2.24, 2.45) is 0 Å². The lowest BCUT2D eigenvalue weighted by molar-refractivity contribution is 0.0756. The van der Waals surface area contributed by atoms with Gasteiger partial charge in [0.15, 0.2) is 5.69 Å². The number of carbonyl (C=O) groups excluding carboxylic acids is 1. The highest BCUT2D eigenvalue weighted by Crippen LogP contribution is 2.22. The van der Waals surface area contributed by atoms with Crippen molar-refractivity contribution >= 4 is 23.3 Å². The van der Waals surface area contributed by atoms with Gasteiger partial charge in [-0.05, 0) is 42.5 Å². The molecule has 1 fully saturated rings. The zero-order valence-corrected chi connectivity index (χ0v) is 15.0. The fraction of sp³-hybridized carbons (Fsp3) is 0.263. The van der Waals surface area contributed by atoms with Crippen molar-refractivity contribution in [1.82, 2.24) is 24.9 Å². The second-order valence-corrected chi connectivity index (χ2v) is 7.18. The standard InChI is InChI=1S/C19H19N5OS/c25-19(18-14-23(22-21-18)13-15-5-1-2-10-20-15)24-11-3-6-16(24)8-9-17-7-4-12-26-17/h1-2,4-5,7-10,12,14,16H,3,6,11,13H2/b9-8+. The lowest BCUT2D eigenvalue weighted by Gasteiger charge is -2.20. The Kier molecular flexibility index (Phi) is 4.88. The van der Waals surface area contributed by atoms with Crippen LogP contribution in [0.3, 0.4) is 0 Å². The highest BCUT2D eigenvalue weighted by Gasteiger charge is 2.29. The summed E-state index contributed by atoms with van der Waals surface area (Å²) in [5.41, 5.74) is 1.27. The van der Waals surface area contributed by atoms with E-state index < -0.39 is 0 Å². The molecule has 0 aromatic carbocycles. The minimum Gasteiger partial charge on any atom is -0.331 e. The largest absolute Gasteiger partial charge is 0.331 e. The fourth-order valence-corrected chi connectivity index (χ4v) is 3.74. The van der Waals surface area contributed by atoms with Crippen LogP contribution < -0.4 is 0 Å². The van der Waals surface area contributed by atoms with Gasteiger partial charge in [-0.25, -0.2) is 4.68 Å². The predicted molar refractivity (Wildman–Crippen MR) is 101 cm³/mol.